The van der Waals surface area contributed by atoms with Gasteiger partial charge < -0.3 is 4.74 Å². The first-order chi connectivity index (χ1) is 5.95. The molecule has 0 saturated carbocycles. The van der Waals surface area contributed by atoms with Gasteiger partial charge in [0, 0.05) is 14.2 Å². The van der Waals surface area contributed by atoms with Crippen LogP contribution in [-0.4, -0.2) is 12.1 Å². The van der Waals surface area contributed by atoms with Crippen LogP contribution in [-0.2, 0) is 5.28 Å². The molecule has 0 bridgehead atoms. The van der Waals surface area contributed by atoms with Gasteiger partial charge in [0.25, 0.3) is 0 Å². The van der Waals surface area contributed by atoms with Gasteiger partial charge in [-0.2, -0.15) is 0 Å². The molecule has 0 radical (unpaired) electrons. The van der Waals surface area contributed by atoms with E-state index in [1.165, 1.54) is 13.3 Å². The predicted molar refractivity (Wildman–Crippen MR) is 51.1 cm³/mol. The summed E-state index contributed by atoms with van der Waals surface area (Å²) in [4.78, 5) is 3.92. The first kappa shape index (κ1) is 6.43. The van der Waals surface area contributed by atoms with Gasteiger partial charge >= 0.3 is 0 Å². The van der Waals surface area contributed by atoms with Crippen molar-refractivity contribution in [2.45, 2.75) is 5.28 Å². The second-order valence-electron chi connectivity index (χ2n) is 1.81. The number of alkyl halides is 1. The Bertz CT molecular complexity index is 314. The van der Waals surface area contributed by atoms with Crippen LogP contribution in [0.15, 0.2) is 16.7 Å². The van der Waals surface area contributed by atoms with Gasteiger partial charge in [0.2, 0.25) is 5.88 Å². The summed E-state index contributed by atoms with van der Waals surface area (Å²) in [5, 5.41) is -1.56. The molecule has 1 rings (SSSR count). The van der Waals surface area contributed by atoms with Gasteiger partial charge in [-0.15, -0.1) is 0 Å². The largest absolute Gasteiger partial charge is 0.480 e. The molecule has 0 spiro atoms. The molecule has 0 amide bonds. The standard InChI is InChI=1S/C7H7Br2NO/c1-11-7-6(9)2-5(3-8)4-10-7/h2,4H,3H2,1H3/i3D2. The van der Waals surface area contributed by atoms with Crippen molar-refractivity contribution in [3.05, 3.63) is 22.3 Å². The van der Waals surface area contributed by atoms with Crippen LogP contribution in [0.25, 0.3) is 0 Å². The Hall–Kier alpha value is -0.0900. The molecule has 1 heterocycles. The Kier molecular flexibility index (Phi) is 2.38. The van der Waals surface area contributed by atoms with E-state index in [1.54, 1.807) is 6.07 Å². The SMILES string of the molecule is [2H]C([2H])(Br)c1cnc(OC)c(Br)c1. The highest BCUT2D eigenvalue weighted by atomic mass is 79.9. The van der Waals surface area contributed by atoms with Crippen molar-refractivity contribution in [3.63, 3.8) is 0 Å². The van der Waals surface area contributed by atoms with Crippen molar-refractivity contribution in [2.24, 2.45) is 0 Å². The third-order valence-corrected chi connectivity index (χ3v) is 2.14. The van der Waals surface area contributed by atoms with E-state index in [9.17, 15) is 0 Å². The van der Waals surface area contributed by atoms with Gasteiger partial charge in [-0.05, 0) is 27.6 Å². The summed E-state index contributed by atoms with van der Waals surface area (Å²) < 4.78 is 20.3. The maximum absolute atomic E-state index is 7.38. The average Bonchev–Trinajstić information content (AvgIpc) is 2.02. The molecule has 2 nitrogen and oxygen atoms in total. The zero-order valence-electron chi connectivity index (χ0n) is 7.77. The fourth-order valence-corrected chi connectivity index (χ4v) is 1.35. The monoisotopic (exact) mass is 281 g/mol. The summed E-state index contributed by atoms with van der Waals surface area (Å²) in [6, 6.07) is 1.63. The first-order valence-electron chi connectivity index (χ1n) is 3.84. The maximum Gasteiger partial charge on any atom is 0.227 e. The number of rotatable bonds is 2. The highest BCUT2D eigenvalue weighted by molar-refractivity contribution is 9.10. The van der Waals surface area contributed by atoms with Gasteiger partial charge in [-0.1, -0.05) is 15.9 Å². The fraction of sp³-hybridized carbons (Fsp3) is 0.286. The molecule has 1 aromatic rings. The molecule has 0 unspecified atom stereocenters. The Balaban J connectivity index is 3.10. The smallest absolute Gasteiger partial charge is 0.227 e. The van der Waals surface area contributed by atoms with Gasteiger partial charge in [0.1, 0.15) is 0 Å². The van der Waals surface area contributed by atoms with Crippen LogP contribution in [0.5, 0.6) is 5.88 Å². The van der Waals surface area contributed by atoms with Crippen LogP contribution < -0.4 is 4.74 Å². The lowest BCUT2D eigenvalue weighted by atomic mass is 10.3. The second-order valence-corrected chi connectivity index (χ2v) is 3.06. The van der Waals surface area contributed by atoms with Crippen LogP contribution in [0.4, 0.5) is 0 Å². The van der Waals surface area contributed by atoms with Crippen LogP contribution in [0.3, 0.4) is 0 Å². The van der Waals surface area contributed by atoms with Gasteiger partial charge in [0.15, 0.2) is 0 Å². The highest BCUT2D eigenvalue weighted by Gasteiger charge is 2.00. The summed E-state index contributed by atoms with van der Waals surface area (Å²) in [6.45, 7) is 0. The lowest BCUT2D eigenvalue weighted by Gasteiger charge is -2.01. The lowest BCUT2D eigenvalue weighted by Crippen LogP contribution is -1.89. The number of pyridine rings is 1. The van der Waals surface area contributed by atoms with E-state index in [0.717, 1.165) is 0 Å². The summed E-state index contributed by atoms with van der Waals surface area (Å²) in [6.07, 6.45) is 1.43. The molecular weight excluding hydrogens is 274 g/mol. The summed E-state index contributed by atoms with van der Waals surface area (Å²) in [7, 11) is 1.51. The minimum Gasteiger partial charge on any atom is -0.480 e. The average molecular weight is 283 g/mol. The van der Waals surface area contributed by atoms with E-state index < -0.39 is 5.28 Å². The molecule has 0 atom stereocenters. The molecule has 0 aliphatic rings. The van der Waals surface area contributed by atoms with Crippen LogP contribution in [0, 0.1) is 0 Å². The lowest BCUT2D eigenvalue weighted by molar-refractivity contribution is 0.395. The van der Waals surface area contributed by atoms with Crippen molar-refractivity contribution in [2.75, 3.05) is 7.11 Å². The summed E-state index contributed by atoms with van der Waals surface area (Å²) in [5.41, 5.74) is 0.445. The molecule has 0 aliphatic carbocycles. The van der Waals surface area contributed by atoms with Crippen LogP contribution in [0.1, 0.15) is 8.30 Å². The number of methoxy groups -OCH3 is 1. The summed E-state index contributed by atoms with van der Waals surface area (Å²) in [5.74, 6) is 0.445. The third-order valence-electron chi connectivity index (χ3n) is 1.11. The molecule has 0 N–H and O–H groups in total. The van der Waals surface area contributed by atoms with E-state index in [4.69, 9.17) is 7.48 Å². The molecule has 4 heteroatoms. The molecule has 0 fully saturated rings. The molecule has 60 valence electrons. The third kappa shape index (κ3) is 2.17. The van der Waals surface area contributed by atoms with E-state index in [-0.39, 0.29) is 0 Å². The highest BCUT2D eigenvalue weighted by Crippen LogP contribution is 2.23. The Morgan fingerprint density at radius 2 is 2.55 bits per heavy atom. The zero-order valence-corrected chi connectivity index (χ0v) is 8.94. The minimum absolute atomic E-state index is 0.445. The zero-order chi connectivity index (χ0) is 10.1. The Morgan fingerprint density at radius 3 is 3.00 bits per heavy atom. The number of hydrogen-bond donors (Lipinski definition) is 0. The molecule has 0 aromatic carbocycles. The van der Waals surface area contributed by atoms with Crippen molar-refractivity contribution in [3.8, 4) is 5.88 Å². The quantitative estimate of drug-likeness (QED) is 0.778. The number of hydrogen-bond acceptors (Lipinski definition) is 2. The summed E-state index contributed by atoms with van der Waals surface area (Å²) >= 11 is 6.12. The van der Waals surface area contributed by atoms with Gasteiger partial charge in [0.05, 0.1) is 11.6 Å². The fourth-order valence-electron chi connectivity index (χ4n) is 0.627. The van der Waals surface area contributed by atoms with E-state index in [2.05, 4.69) is 36.8 Å². The van der Waals surface area contributed by atoms with E-state index in [0.29, 0.717) is 15.9 Å². The number of nitrogens with zero attached hydrogens (tertiary/aromatic N) is 1. The number of aromatic nitrogens is 1. The Labute approximate surface area is 85.0 Å². The number of ether oxygens (including phenoxy) is 1. The normalized spacial score (nSPS) is 13.7. The number of halogens is 2. The maximum atomic E-state index is 7.38. The van der Waals surface area contributed by atoms with Crippen molar-refractivity contribution < 1.29 is 7.48 Å². The van der Waals surface area contributed by atoms with Crippen molar-refractivity contribution in [1.82, 2.24) is 4.98 Å². The van der Waals surface area contributed by atoms with E-state index >= 15 is 0 Å². The Morgan fingerprint density at radius 1 is 1.82 bits per heavy atom. The predicted octanol–water partition coefficient (Wildman–Crippen LogP) is 2.75. The van der Waals surface area contributed by atoms with Gasteiger partial charge in [-0.3, -0.25) is 0 Å². The topological polar surface area (TPSA) is 22.1 Å². The molecule has 0 saturated heterocycles. The minimum atomic E-state index is -1.56. The van der Waals surface area contributed by atoms with Crippen LogP contribution >= 0.6 is 31.9 Å². The van der Waals surface area contributed by atoms with Crippen molar-refractivity contribution in [1.29, 1.82) is 0 Å². The van der Waals surface area contributed by atoms with Crippen molar-refractivity contribution >= 4 is 31.9 Å². The van der Waals surface area contributed by atoms with Crippen LogP contribution in [0.2, 0.25) is 0 Å². The molecule has 1 aromatic heterocycles. The molecular formula is C7H7Br2NO. The molecule has 11 heavy (non-hydrogen) atoms. The molecule has 0 aliphatic heterocycles. The van der Waals surface area contributed by atoms with Gasteiger partial charge in [-0.25, -0.2) is 4.98 Å². The first-order valence-corrected chi connectivity index (χ1v) is 4.42. The van der Waals surface area contributed by atoms with E-state index in [1.807, 2.05) is 0 Å². The second kappa shape index (κ2) is 4.07.